The first-order valence-electron chi connectivity index (χ1n) is 8.80. The van der Waals surface area contributed by atoms with E-state index >= 15 is 0 Å². The number of aliphatic hydroxyl groups is 4. The van der Waals surface area contributed by atoms with Crippen molar-refractivity contribution in [2.45, 2.75) is 43.7 Å². The van der Waals surface area contributed by atoms with Crippen LogP contribution in [0.4, 0.5) is 0 Å². The molecule has 0 unspecified atom stereocenters. The van der Waals surface area contributed by atoms with Crippen LogP contribution in [0.2, 0.25) is 0 Å². The normalized spacial score (nSPS) is 28.9. The van der Waals surface area contributed by atoms with Gasteiger partial charge in [-0.1, -0.05) is 12.1 Å². The van der Waals surface area contributed by atoms with E-state index in [0.29, 0.717) is 5.75 Å². The fourth-order valence-electron chi connectivity index (χ4n) is 2.57. The minimum atomic E-state index is -1.53. The molecule has 1 aliphatic heterocycles. The van der Waals surface area contributed by atoms with Gasteiger partial charge in [-0.3, -0.25) is 0 Å². The van der Waals surface area contributed by atoms with Gasteiger partial charge in [0.25, 0.3) is 0 Å². The van der Waals surface area contributed by atoms with E-state index in [-0.39, 0.29) is 6.61 Å². The molecule has 1 aromatic rings. The Morgan fingerprint density at radius 3 is 2.46 bits per heavy atom. The molecule has 1 heterocycles. The summed E-state index contributed by atoms with van der Waals surface area (Å²) in [6.45, 7) is 0.910. The molecule has 1 aromatic carbocycles. The monoisotopic (exact) mass is 398 g/mol. The zero-order chi connectivity index (χ0) is 20.7. The molecule has 9 heteroatoms. The second-order valence-corrected chi connectivity index (χ2v) is 6.38. The summed E-state index contributed by atoms with van der Waals surface area (Å²) in [4.78, 5) is 11.8. The number of esters is 1. The van der Waals surface area contributed by atoms with Crippen LogP contribution in [-0.4, -0.2) is 83.5 Å². The quantitative estimate of drug-likeness (QED) is 0.336. The Labute approximate surface area is 162 Å². The number of benzene rings is 1. The highest BCUT2D eigenvalue weighted by Gasteiger charge is 2.44. The van der Waals surface area contributed by atoms with Crippen LogP contribution in [0.3, 0.4) is 0 Å². The van der Waals surface area contributed by atoms with Crippen LogP contribution in [-0.2, 0) is 19.0 Å². The number of hydrogen-bond acceptors (Lipinski definition) is 9. The van der Waals surface area contributed by atoms with E-state index in [4.69, 9.17) is 24.1 Å². The number of hydrogen-bond donors (Lipinski definition) is 4. The van der Waals surface area contributed by atoms with Crippen molar-refractivity contribution in [1.82, 2.24) is 0 Å². The zero-order valence-electron chi connectivity index (χ0n) is 15.7. The van der Waals surface area contributed by atoms with Crippen molar-refractivity contribution < 1.29 is 44.2 Å². The molecule has 1 aliphatic rings. The van der Waals surface area contributed by atoms with Crippen LogP contribution in [0.15, 0.2) is 30.3 Å². The number of carbonyl (C=O) groups excluding carboxylic acids is 1. The highest BCUT2D eigenvalue weighted by Crippen LogP contribution is 2.23. The average Bonchev–Trinajstić information content (AvgIpc) is 2.71. The Kier molecular flexibility index (Phi) is 8.36. The maximum absolute atomic E-state index is 11.8. The summed E-state index contributed by atoms with van der Waals surface area (Å²) in [5.74, 6) is 0.124. The molecule has 1 saturated heterocycles. The first-order valence-corrected chi connectivity index (χ1v) is 8.80. The molecule has 0 aliphatic carbocycles. The molecule has 0 radical (unpaired) electrons. The lowest BCUT2D eigenvalue weighted by molar-refractivity contribution is -0.311. The zero-order valence-corrected chi connectivity index (χ0v) is 15.7. The average molecular weight is 398 g/mol. The minimum Gasteiger partial charge on any atom is -0.497 e. The summed E-state index contributed by atoms with van der Waals surface area (Å²) in [6, 6.07) is 7.10. The van der Waals surface area contributed by atoms with Crippen LogP contribution >= 0.6 is 0 Å². The van der Waals surface area contributed by atoms with Gasteiger partial charge in [0.1, 0.15) is 36.8 Å². The highest BCUT2D eigenvalue weighted by atomic mass is 16.7. The van der Waals surface area contributed by atoms with Crippen molar-refractivity contribution in [2.75, 3.05) is 20.3 Å². The van der Waals surface area contributed by atoms with Crippen LogP contribution in [0.1, 0.15) is 12.5 Å². The van der Waals surface area contributed by atoms with Crippen molar-refractivity contribution >= 4 is 12.0 Å². The predicted molar refractivity (Wildman–Crippen MR) is 97.3 cm³/mol. The van der Waals surface area contributed by atoms with E-state index in [0.717, 1.165) is 5.56 Å². The summed E-state index contributed by atoms with van der Waals surface area (Å²) in [6.07, 6.45) is -4.66. The van der Waals surface area contributed by atoms with Gasteiger partial charge in [-0.2, -0.15) is 0 Å². The van der Waals surface area contributed by atoms with Crippen molar-refractivity contribution in [1.29, 1.82) is 0 Å². The predicted octanol–water partition coefficient (Wildman–Crippen LogP) is -0.543. The van der Waals surface area contributed by atoms with Crippen LogP contribution in [0, 0.1) is 0 Å². The van der Waals surface area contributed by atoms with Gasteiger partial charge >= 0.3 is 5.97 Å². The molecule has 0 saturated carbocycles. The van der Waals surface area contributed by atoms with Crippen molar-refractivity contribution in [2.24, 2.45) is 0 Å². The molecule has 0 bridgehead atoms. The molecule has 1 fully saturated rings. The maximum Gasteiger partial charge on any atom is 0.330 e. The van der Waals surface area contributed by atoms with Crippen LogP contribution in [0.5, 0.6) is 5.75 Å². The third kappa shape index (κ3) is 5.99. The van der Waals surface area contributed by atoms with E-state index in [9.17, 15) is 20.1 Å². The standard InChI is InChI=1S/C19H26O9/c1-11(27-19-18(24)17(23)16(22)14(9-20)28-19)10-26-15(21)8-5-12-3-6-13(25-2)7-4-12/h3-8,11,14,16-20,22-24H,9-10H2,1-2H3/b8-5+/t11-,14+,16+,17-,18+,19+/m0/s1. The molecule has 2 rings (SSSR count). The Hall–Kier alpha value is -2.01. The fraction of sp³-hybridized carbons (Fsp3) is 0.526. The first kappa shape index (κ1) is 22.3. The van der Waals surface area contributed by atoms with Gasteiger partial charge in [0, 0.05) is 6.08 Å². The van der Waals surface area contributed by atoms with Gasteiger partial charge in [-0.25, -0.2) is 4.79 Å². The number of methoxy groups -OCH3 is 1. The van der Waals surface area contributed by atoms with Gasteiger partial charge in [-0.15, -0.1) is 0 Å². The van der Waals surface area contributed by atoms with Gasteiger partial charge in [-0.05, 0) is 30.7 Å². The highest BCUT2D eigenvalue weighted by molar-refractivity contribution is 5.87. The van der Waals surface area contributed by atoms with Gasteiger partial charge < -0.3 is 39.4 Å². The van der Waals surface area contributed by atoms with Gasteiger partial charge in [0.05, 0.1) is 19.8 Å². The van der Waals surface area contributed by atoms with E-state index in [1.807, 2.05) is 0 Å². The summed E-state index contributed by atoms with van der Waals surface area (Å²) < 4.78 is 20.8. The van der Waals surface area contributed by atoms with Crippen molar-refractivity contribution in [3.8, 4) is 5.75 Å². The second-order valence-electron chi connectivity index (χ2n) is 6.38. The molecule has 0 amide bonds. The lowest BCUT2D eigenvalue weighted by Crippen LogP contribution is -2.59. The second kappa shape index (κ2) is 10.5. The summed E-state index contributed by atoms with van der Waals surface area (Å²) in [5.41, 5.74) is 0.795. The third-order valence-electron chi connectivity index (χ3n) is 4.20. The molecule has 0 spiro atoms. The molecule has 9 nitrogen and oxygen atoms in total. The van der Waals surface area contributed by atoms with Crippen LogP contribution in [0.25, 0.3) is 6.08 Å². The Morgan fingerprint density at radius 2 is 1.86 bits per heavy atom. The van der Waals surface area contributed by atoms with Gasteiger partial charge in [0.2, 0.25) is 0 Å². The minimum absolute atomic E-state index is 0.124. The molecular formula is C19H26O9. The van der Waals surface area contributed by atoms with Crippen molar-refractivity contribution in [3.63, 3.8) is 0 Å². The number of rotatable bonds is 8. The summed E-state index contributed by atoms with van der Waals surface area (Å²) >= 11 is 0. The lowest BCUT2D eigenvalue weighted by Gasteiger charge is -2.40. The van der Waals surface area contributed by atoms with Crippen LogP contribution < -0.4 is 4.74 Å². The molecule has 156 valence electrons. The lowest BCUT2D eigenvalue weighted by atomic mass is 9.99. The topological polar surface area (TPSA) is 135 Å². The largest absolute Gasteiger partial charge is 0.497 e. The maximum atomic E-state index is 11.8. The fourth-order valence-corrected chi connectivity index (χ4v) is 2.57. The van der Waals surface area contributed by atoms with Crippen molar-refractivity contribution in [3.05, 3.63) is 35.9 Å². The Bertz CT molecular complexity index is 643. The number of ether oxygens (including phenoxy) is 4. The molecule has 6 atom stereocenters. The van der Waals surface area contributed by atoms with Gasteiger partial charge in [0.15, 0.2) is 6.29 Å². The SMILES string of the molecule is COc1ccc(/C=C/C(=O)OC[C@H](C)O[C@@H]2O[C@H](CO)[C@@H](O)[C@H](O)[C@H]2O)cc1. The first-order chi connectivity index (χ1) is 13.3. The molecular weight excluding hydrogens is 372 g/mol. The summed E-state index contributed by atoms with van der Waals surface area (Å²) in [7, 11) is 1.57. The molecule has 28 heavy (non-hydrogen) atoms. The Balaban J connectivity index is 1.80. The number of carbonyl (C=O) groups is 1. The van der Waals surface area contributed by atoms with E-state index in [2.05, 4.69) is 0 Å². The molecule has 0 aromatic heterocycles. The third-order valence-corrected chi connectivity index (χ3v) is 4.20. The van der Waals surface area contributed by atoms with E-state index < -0.39 is 49.4 Å². The van der Waals surface area contributed by atoms with E-state index in [1.54, 1.807) is 44.4 Å². The summed E-state index contributed by atoms with van der Waals surface area (Å²) in [5, 5.41) is 38.6. The Morgan fingerprint density at radius 1 is 1.18 bits per heavy atom. The smallest absolute Gasteiger partial charge is 0.330 e. The number of aliphatic hydroxyl groups excluding tert-OH is 4. The van der Waals surface area contributed by atoms with E-state index in [1.165, 1.54) is 6.08 Å². The molecule has 4 N–H and O–H groups in total.